The van der Waals surface area contributed by atoms with Gasteiger partial charge in [-0.05, 0) is 41.5 Å². The van der Waals surface area contributed by atoms with Gasteiger partial charge in [0.05, 0.1) is 0 Å². The minimum Gasteiger partial charge on any atom is -0.454 e. The molecule has 0 bridgehead atoms. The van der Waals surface area contributed by atoms with Gasteiger partial charge in [-0.15, -0.1) is 0 Å². The number of thioether (sulfide) groups is 1. The van der Waals surface area contributed by atoms with E-state index in [0.29, 0.717) is 6.42 Å². The van der Waals surface area contributed by atoms with E-state index in [4.69, 9.17) is 9.47 Å². The molecule has 1 aromatic carbocycles. The Balaban J connectivity index is 1.89. The Morgan fingerprint density at radius 1 is 1.29 bits per heavy atom. The van der Waals surface area contributed by atoms with Crippen molar-refractivity contribution < 1.29 is 14.3 Å². The maximum atomic E-state index is 11.2. The van der Waals surface area contributed by atoms with Crippen LogP contribution in [-0.4, -0.2) is 11.9 Å². The van der Waals surface area contributed by atoms with Crippen LogP contribution in [0.15, 0.2) is 23.1 Å². The first-order valence-electron chi connectivity index (χ1n) is 5.12. The zero-order chi connectivity index (χ0) is 11.7. The van der Waals surface area contributed by atoms with Crippen LogP contribution < -0.4 is 9.47 Å². The van der Waals surface area contributed by atoms with Crippen LogP contribution in [0.5, 0.6) is 11.5 Å². The van der Waals surface area contributed by atoms with Gasteiger partial charge in [0.15, 0.2) is 11.5 Å². The molecule has 1 aromatic rings. The van der Waals surface area contributed by atoms with E-state index in [2.05, 4.69) is 11.8 Å². The summed E-state index contributed by atoms with van der Waals surface area (Å²) in [4.78, 5) is 12.1. The molecule has 0 spiro atoms. The first-order chi connectivity index (χ1) is 8.31. The van der Waals surface area contributed by atoms with E-state index in [1.54, 1.807) is 0 Å². The molecule has 17 heavy (non-hydrogen) atoms. The van der Waals surface area contributed by atoms with E-state index in [1.165, 1.54) is 11.8 Å². The zero-order valence-corrected chi connectivity index (χ0v) is 9.67. The number of hydrogen-bond donors (Lipinski definition) is 0. The molecular formula is C13H8O3S. The third kappa shape index (κ3) is 2.15. The molecule has 0 aromatic heterocycles. The molecule has 0 fully saturated rings. The van der Waals surface area contributed by atoms with Gasteiger partial charge in [0, 0.05) is 11.3 Å². The molecule has 84 valence electrons. The van der Waals surface area contributed by atoms with Gasteiger partial charge >= 0.3 is 0 Å². The molecule has 0 atom stereocenters. The van der Waals surface area contributed by atoms with Gasteiger partial charge in [-0.2, -0.15) is 0 Å². The van der Waals surface area contributed by atoms with Crippen molar-refractivity contribution in [3.63, 3.8) is 0 Å². The van der Waals surface area contributed by atoms with Crippen LogP contribution in [0.4, 0.5) is 0 Å². The quantitative estimate of drug-likeness (QED) is 0.711. The van der Waals surface area contributed by atoms with Gasteiger partial charge in [0.2, 0.25) is 6.79 Å². The van der Waals surface area contributed by atoms with Crippen molar-refractivity contribution >= 4 is 23.0 Å². The normalized spacial score (nSPS) is 19.1. The lowest BCUT2D eigenvalue weighted by molar-refractivity contribution is -0.106. The second-order valence-corrected chi connectivity index (χ2v) is 4.69. The Morgan fingerprint density at radius 3 is 3.06 bits per heavy atom. The second kappa shape index (κ2) is 4.19. The van der Waals surface area contributed by atoms with Crippen molar-refractivity contribution in [2.75, 3.05) is 6.79 Å². The van der Waals surface area contributed by atoms with Crippen molar-refractivity contribution in [1.29, 1.82) is 0 Å². The van der Waals surface area contributed by atoms with Crippen LogP contribution >= 0.6 is 11.8 Å². The average Bonchev–Trinajstić information content (AvgIpc) is 2.76. The molecule has 4 heteroatoms. The Kier molecular flexibility index (Phi) is 2.54. The molecule has 0 unspecified atom stereocenters. The fourth-order valence-electron chi connectivity index (χ4n) is 1.65. The highest BCUT2D eigenvalue weighted by Crippen LogP contribution is 2.34. The topological polar surface area (TPSA) is 35.5 Å². The van der Waals surface area contributed by atoms with Crippen LogP contribution in [0.3, 0.4) is 0 Å². The zero-order valence-electron chi connectivity index (χ0n) is 8.86. The van der Waals surface area contributed by atoms with Crippen LogP contribution in [0, 0.1) is 11.8 Å². The molecule has 0 aliphatic carbocycles. The molecule has 2 aliphatic heterocycles. The van der Waals surface area contributed by atoms with Gasteiger partial charge in [-0.3, -0.25) is 4.79 Å². The number of benzene rings is 1. The molecule has 2 heterocycles. The minimum absolute atomic E-state index is 0.0942. The van der Waals surface area contributed by atoms with Crippen LogP contribution in [0.1, 0.15) is 12.0 Å². The fraction of sp³-hybridized carbons (Fsp3) is 0.154. The number of carbonyl (C=O) groups is 1. The number of rotatable bonds is 1. The molecular weight excluding hydrogens is 236 g/mol. The van der Waals surface area contributed by atoms with Crippen molar-refractivity contribution in [2.24, 2.45) is 0 Å². The maximum absolute atomic E-state index is 11.2. The van der Waals surface area contributed by atoms with Gasteiger partial charge in [-0.1, -0.05) is 12.0 Å². The molecule has 3 nitrogen and oxygen atoms in total. The van der Waals surface area contributed by atoms with Crippen LogP contribution in [0.25, 0.3) is 6.08 Å². The van der Waals surface area contributed by atoms with E-state index in [-0.39, 0.29) is 11.9 Å². The summed E-state index contributed by atoms with van der Waals surface area (Å²) in [6.45, 7) is 0.272. The predicted octanol–water partition coefficient (Wildman–Crippen LogP) is 2.42. The van der Waals surface area contributed by atoms with Crippen LogP contribution in [-0.2, 0) is 4.79 Å². The summed E-state index contributed by atoms with van der Waals surface area (Å²) in [7, 11) is 0. The lowest BCUT2D eigenvalue weighted by Gasteiger charge is -2.04. The molecule has 0 radical (unpaired) electrons. The van der Waals surface area contributed by atoms with Crippen molar-refractivity contribution in [3.8, 4) is 23.3 Å². The first-order valence-corrected chi connectivity index (χ1v) is 5.94. The first kappa shape index (κ1) is 10.3. The van der Waals surface area contributed by atoms with Gasteiger partial charge in [-0.25, -0.2) is 0 Å². The number of hydrogen-bond acceptors (Lipinski definition) is 4. The maximum Gasteiger partial charge on any atom is 0.267 e. The van der Waals surface area contributed by atoms with Crippen molar-refractivity contribution in [3.05, 3.63) is 28.7 Å². The number of ether oxygens (including phenoxy) is 2. The summed E-state index contributed by atoms with van der Waals surface area (Å²) in [5.41, 5.74) is 0.994. The largest absolute Gasteiger partial charge is 0.454 e. The Labute approximate surface area is 103 Å². The Bertz CT molecular complexity index is 578. The smallest absolute Gasteiger partial charge is 0.267 e. The SMILES string of the molecule is O=C1C#CC/C(=C/c2ccc3c(c2)OCO3)S1. The summed E-state index contributed by atoms with van der Waals surface area (Å²) in [5.74, 6) is 6.85. The van der Waals surface area contributed by atoms with E-state index >= 15 is 0 Å². The summed E-state index contributed by atoms with van der Waals surface area (Å²) in [6, 6.07) is 5.71. The molecule has 0 amide bonds. The molecule has 2 aliphatic rings. The summed E-state index contributed by atoms with van der Waals surface area (Å²) in [6.07, 6.45) is 2.59. The molecule has 0 saturated heterocycles. The average molecular weight is 244 g/mol. The van der Waals surface area contributed by atoms with Crippen molar-refractivity contribution in [2.45, 2.75) is 6.42 Å². The van der Waals surface area contributed by atoms with E-state index in [9.17, 15) is 4.79 Å². The lowest BCUT2D eigenvalue weighted by atomic mass is 10.2. The van der Waals surface area contributed by atoms with Gasteiger partial charge in [0.25, 0.3) is 5.12 Å². The fourth-order valence-corrected chi connectivity index (χ4v) is 2.35. The Morgan fingerprint density at radius 2 is 2.18 bits per heavy atom. The summed E-state index contributed by atoms with van der Waals surface area (Å²) in [5, 5.41) is -0.0942. The highest BCUT2D eigenvalue weighted by atomic mass is 32.2. The number of allylic oxidation sites excluding steroid dienone is 1. The second-order valence-electron chi connectivity index (χ2n) is 3.59. The molecule has 0 saturated carbocycles. The Hall–Kier alpha value is -1.86. The summed E-state index contributed by atoms with van der Waals surface area (Å²) < 4.78 is 10.5. The van der Waals surface area contributed by atoms with Gasteiger partial charge in [0.1, 0.15) is 0 Å². The number of carbonyl (C=O) groups excluding carboxylic acids is 1. The number of fused-ring (bicyclic) bond motifs is 1. The van der Waals surface area contributed by atoms with E-state index in [1.807, 2.05) is 24.3 Å². The summed E-state index contributed by atoms with van der Waals surface area (Å²) >= 11 is 1.19. The van der Waals surface area contributed by atoms with E-state index in [0.717, 1.165) is 22.0 Å². The third-order valence-corrected chi connectivity index (χ3v) is 3.21. The standard InChI is InChI=1S/C13H8O3S/c14-13-3-1-2-10(17-13)6-9-4-5-11-12(7-9)16-8-15-11/h4-7H,2,8H2/b10-6-. The highest BCUT2D eigenvalue weighted by molar-refractivity contribution is 8.17. The third-order valence-electron chi connectivity index (χ3n) is 2.40. The van der Waals surface area contributed by atoms with Gasteiger partial charge < -0.3 is 9.47 Å². The highest BCUT2D eigenvalue weighted by Gasteiger charge is 2.13. The molecule has 0 N–H and O–H groups in total. The molecule has 3 rings (SSSR count). The van der Waals surface area contributed by atoms with Crippen molar-refractivity contribution in [1.82, 2.24) is 0 Å². The van der Waals surface area contributed by atoms with Crippen LogP contribution in [0.2, 0.25) is 0 Å². The predicted molar refractivity (Wildman–Crippen MR) is 65.5 cm³/mol. The van der Waals surface area contributed by atoms with E-state index < -0.39 is 0 Å². The minimum atomic E-state index is -0.0942. The lowest BCUT2D eigenvalue weighted by Crippen LogP contribution is -1.93. The monoisotopic (exact) mass is 244 g/mol.